The quantitative estimate of drug-likeness (QED) is 0.852. The van der Waals surface area contributed by atoms with Gasteiger partial charge in [0.2, 0.25) is 0 Å². The number of ether oxygens (including phenoxy) is 1. The smallest absolute Gasteiger partial charge is 0.0945 e. The van der Waals surface area contributed by atoms with E-state index in [0.29, 0.717) is 18.2 Å². The van der Waals surface area contributed by atoms with Crippen molar-refractivity contribution >= 4 is 17.3 Å². The van der Waals surface area contributed by atoms with Crippen molar-refractivity contribution in [1.82, 2.24) is 0 Å². The van der Waals surface area contributed by atoms with Gasteiger partial charge in [0.1, 0.15) is 0 Å². The van der Waals surface area contributed by atoms with E-state index in [1.807, 2.05) is 45.0 Å². The third-order valence-corrected chi connectivity index (χ3v) is 2.31. The second-order valence-corrected chi connectivity index (χ2v) is 5.40. The second-order valence-electron chi connectivity index (χ2n) is 4.97. The van der Waals surface area contributed by atoms with Crippen LogP contribution in [-0.4, -0.2) is 30.0 Å². The Morgan fingerprint density at radius 2 is 2.12 bits per heavy atom. The molecule has 1 unspecified atom stereocenters. The summed E-state index contributed by atoms with van der Waals surface area (Å²) in [4.78, 5) is 0. The standard InChI is InChI=1S/C13H20ClNO2/c1-13(2,3)17-9-12(16)8-15-11-6-4-5-10(14)7-11/h4-7,12,15-16H,8-9H2,1-3H3. The van der Waals surface area contributed by atoms with Crippen molar-refractivity contribution in [3.05, 3.63) is 29.3 Å². The molecule has 0 fully saturated rings. The molecule has 3 nitrogen and oxygen atoms in total. The maximum Gasteiger partial charge on any atom is 0.0945 e. The maximum absolute atomic E-state index is 9.72. The van der Waals surface area contributed by atoms with Crippen molar-refractivity contribution in [2.75, 3.05) is 18.5 Å². The molecule has 96 valence electrons. The Bertz CT molecular complexity index is 350. The number of nitrogens with one attached hydrogen (secondary N) is 1. The first-order valence-electron chi connectivity index (χ1n) is 5.68. The largest absolute Gasteiger partial charge is 0.389 e. The van der Waals surface area contributed by atoms with Crippen LogP contribution in [0, 0.1) is 0 Å². The zero-order chi connectivity index (χ0) is 12.9. The van der Waals surface area contributed by atoms with Crippen LogP contribution in [0.25, 0.3) is 0 Å². The number of rotatable bonds is 5. The molecule has 0 saturated carbocycles. The van der Waals surface area contributed by atoms with Gasteiger partial charge in [-0.25, -0.2) is 0 Å². The van der Waals surface area contributed by atoms with E-state index in [2.05, 4.69) is 5.32 Å². The molecule has 0 aliphatic carbocycles. The number of aliphatic hydroxyl groups excluding tert-OH is 1. The lowest BCUT2D eigenvalue weighted by Crippen LogP contribution is -2.30. The van der Waals surface area contributed by atoms with Crippen LogP contribution >= 0.6 is 11.6 Å². The summed E-state index contributed by atoms with van der Waals surface area (Å²) in [5.74, 6) is 0. The van der Waals surface area contributed by atoms with Gasteiger partial charge in [-0.1, -0.05) is 17.7 Å². The molecular formula is C13H20ClNO2. The molecule has 0 amide bonds. The third-order valence-electron chi connectivity index (χ3n) is 2.08. The van der Waals surface area contributed by atoms with Crippen molar-refractivity contribution in [2.45, 2.75) is 32.5 Å². The van der Waals surface area contributed by atoms with E-state index in [9.17, 15) is 5.11 Å². The molecule has 17 heavy (non-hydrogen) atoms. The summed E-state index contributed by atoms with van der Waals surface area (Å²) in [6, 6.07) is 7.40. The third kappa shape index (κ3) is 6.51. The van der Waals surface area contributed by atoms with Gasteiger partial charge in [-0.05, 0) is 39.0 Å². The monoisotopic (exact) mass is 257 g/mol. The van der Waals surface area contributed by atoms with E-state index in [-0.39, 0.29) is 5.60 Å². The van der Waals surface area contributed by atoms with E-state index in [1.165, 1.54) is 0 Å². The second kappa shape index (κ2) is 6.24. The molecule has 0 aromatic heterocycles. The fourth-order valence-corrected chi connectivity index (χ4v) is 1.43. The van der Waals surface area contributed by atoms with Gasteiger partial charge < -0.3 is 15.2 Å². The molecule has 1 aromatic carbocycles. The van der Waals surface area contributed by atoms with Gasteiger partial charge in [-0.15, -0.1) is 0 Å². The molecule has 0 bridgehead atoms. The molecule has 1 aromatic rings. The molecule has 0 spiro atoms. The average molecular weight is 258 g/mol. The number of halogens is 1. The van der Waals surface area contributed by atoms with Crippen molar-refractivity contribution in [3.63, 3.8) is 0 Å². The highest BCUT2D eigenvalue weighted by Crippen LogP contribution is 2.15. The molecular weight excluding hydrogens is 238 g/mol. The van der Waals surface area contributed by atoms with Gasteiger partial charge in [0.25, 0.3) is 0 Å². The van der Waals surface area contributed by atoms with E-state index >= 15 is 0 Å². The molecule has 1 rings (SSSR count). The van der Waals surface area contributed by atoms with Crippen molar-refractivity contribution in [2.24, 2.45) is 0 Å². The Labute approximate surface area is 108 Å². The van der Waals surface area contributed by atoms with E-state index in [0.717, 1.165) is 5.69 Å². The topological polar surface area (TPSA) is 41.5 Å². The first-order chi connectivity index (χ1) is 7.87. The average Bonchev–Trinajstić information content (AvgIpc) is 2.23. The molecule has 0 saturated heterocycles. The van der Waals surface area contributed by atoms with E-state index in [4.69, 9.17) is 16.3 Å². The van der Waals surface area contributed by atoms with Crippen LogP contribution in [0.3, 0.4) is 0 Å². The first-order valence-corrected chi connectivity index (χ1v) is 6.06. The highest BCUT2D eigenvalue weighted by Gasteiger charge is 2.13. The van der Waals surface area contributed by atoms with Gasteiger partial charge in [0, 0.05) is 17.3 Å². The summed E-state index contributed by atoms with van der Waals surface area (Å²) in [5, 5.41) is 13.5. The first kappa shape index (κ1) is 14.3. The summed E-state index contributed by atoms with van der Waals surface area (Å²) in [7, 11) is 0. The number of aliphatic hydroxyl groups is 1. The molecule has 2 N–H and O–H groups in total. The van der Waals surface area contributed by atoms with Crippen LogP contribution in [0.4, 0.5) is 5.69 Å². The fraction of sp³-hybridized carbons (Fsp3) is 0.538. The molecule has 0 aliphatic heterocycles. The Kier molecular flexibility index (Phi) is 5.25. The van der Waals surface area contributed by atoms with Gasteiger partial charge in [-0.3, -0.25) is 0 Å². The van der Waals surface area contributed by atoms with Crippen LogP contribution in [0.5, 0.6) is 0 Å². The summed E-state index contributed by atoms with van der Waals surface area (Å²) < 4.78 is 5.49. The lowest BCUT2D eigenvalue weighted by Gasteiger charge is -2.22. The van der Waals surface area contributed by atoms with Gasteiger partial charge in [0.15, 0.2) is 0 Å². The van der Waals surface area contributed by atoms with Crippen molar-refractivity contribution in [1.29, 1.82) is 0 Å². The minimum absolute atomic E-state index is 0.225. The number of hydrogen-bond acceptors (Lipinski definition) is 3. The summed E-state index contributed by atoms with van der Waals surface area (Å²) >= 11 is 5.85. The lowest BCUT2D eigenvalue weighted by molar-refractivity contribution is -0.0449. The normalized spacial score (nSPS) is 13.5. The Morgan fingerprint density at radius 3 is 2.71 bits per heavy atom. The Morgan fingerprint density at radius 1 is 1.41 bits per heavy atom. The summed E-state index contributed by atoms with van der Waals surface area (Å²) in [5.41, 5.74) is 0.670. The van der Waals surface area contributed by atoms with Crippen LogP contribution in [-0.2, 0) is 4.74 Å². The highest BCUT2D eigenvalue weighted by atomic mass is 35.5. The Balaban J connectivity index is 2.31. The SMILES string of the molecule is CC(C)(C)OCC(O)CNc1cccc(Cl)c1. The predicted octanol–water partition coefficient (Wildman–Crippen LogP) is 2.93. The van der Waals surface area contributed by atoms with E-state index in [1.54, 1.807) is 0 Å². The maximum atomic E-state index is 9.72. The van der Waals surface area contributed by atoms with E-state index < -0.39 is 6.10 Å². The number of benzene rings is 1. The predicted molar refractivity (Wildman–Crippen MR) is 71.7 cm³/mol. The van der Waals surface area contributed by atoms with Gasteiger partial charge in [-0.2, -0.15) is 0 Å². The minimum Gasteiger partial charge on any atom is -0.389 e. The zero-order valence-electron chi connectivity index (χ0n) is 10.5. The zero-order valence-corrected chi connectivity index (χ0v) is 11.3. The molecule has 0 radical (unpaired) electrons. The summed E-state index contributed by atoms with van der Waals surface area (Å²) in [6.45, 7) is 6.64. The van der Waals surface area contributed by atoms with Crippen LogP contribution in [0.15, 0.2) is 24.3 Å². The fourth-order valence-electron chi connectivity index (χ4n) is 1.24. The van der Waals surface area contributed by atoms with Crippen molar-refractivity contribution < 1.29 is 9.84 Å². The highest BCUT2D eigenvalue weighted by molar-refractivity contribution is 6.30. The van der Waals surface area contributed by atoms with Crippen LogP contribution in [0.2, 0.25) is 5.02 Å². The Hall–Kier alpha value is -0.770. The van der Waals surface area contributed by atoms with Crippen molar-refractivity contribution in [3.8, 4) is 0 Å². The molecule has 4 heteroatoms. The number of anilines is 1. The van der Waals surface area contributed by atoms with Gasteiger partial charge in [0.05, 0.1) is 18.3 Å². The van der Waals surface area contributed by atoms with Crippen LogP contribution in [0.1, 0.15) is 20.8 Å². The number of hydrogen-bond donors (Lipinski definition) is 2. The molecule has 1 atom stereocenters. The van der Waals surface area contributed by atoms with Gasteiger partial charge >= 0.3 is 0 Å². The summed E-state index contributed by atoms with van der Waals surface area (Å²) in [6.07, 6.45) is -0.534. The lowest BCUT2D eigenvalue weighted by atomic mass is 10.2. The minimum atomic E-state index is -0.534. The van der Waals surface area contributed by atoms with Crippen LogP contribution < -0.4 is 5.32 Å². The molecule has 0 heterocycles. The molecule has 0 aliphatic rings.